The average Bonchev–Trinajstić information content (AvgIpc) is 2.52. The summed E-state index contributed by atoms with van der Waals surface area (Å²) in [6.45, 7) is 7.95. The molecule has 0 aromatic carbocycles. The number of quaternary nitrogens is 1. The van der Waals surface area contributed by atoms with Crippen LogP contribution in [0.25, 0.3) is 0 Å². The Hall–Kier alpha value is 0.310. The number of hydrogen-bond acceptors (Lipinski definition) is 3. The first-order valence-corrected chi connectivity index (χ1v) is 11.6. The van der Waals surface area contributed by atoms with Gasteiger partial charge in [0.15, 0.2) is 0 Å². The molecule has 7 heteroatoms. The van der Waals surface area contributed by atoms with Crippen LogP contribution < -0.4 is 17.0 Å². The second-order valence-corrected chi connectivity index (χ2v) is 8.63. The van der Waals surface area contributed by atoms with Crippen molar-refractivity contribution in [1.29, 1.82) is 0 Å². The lowest BCUT2D eigenvalue weighted by atomic mass is 10.1. The van der Waals surface area contributed by atoms with Crippen molar-refractivity contribution in [3.63, 3.8) is 0 Å². The zero-order valence-electron chi connectivity index (χ0n) is 17.4. The molecular formula is C19H42BrNO4S. The molecule has 1 N–H and O–H groups in total. The standard InChI is InChI=1S/C19H41NO4S.BrH/c1-5-7-9-11-13-15-17-20(4,19(3)24-25(21,22)23)18-16-14-12-10-8-6-2;/h19H,5-18H2,1-4H3;1H. The fourth-order valence-corrected chi connectivity index (χ4v) is 3.82. The van der Waals surface area contributed by atoms with Crippen LogP contribution in [-0.4, -0.2) is 43.8 Å². The van der Waals surface area contributed by atoms with Crippen LogP contribution in [0.3, 0.4) is 0 Å². The molecule has 1 atom stereocenters. The molecule has 0 aromatic heterocycles. The lowest BCUT2D eigenvalue weighted by molar-refractivity contribution is -0.949. The van der Waals surface area contributed by atoms with Gasteiger partial charge in [-0.1, -0.05) is 65.2 Å². The lowest BCUT2D eigenvalue weighted by Crippen LogP contribution is -3.00. The summed E-state index contributed by atoms with van der Waals surface area (Å²) in [6.07, 6.45) is 14.0. The van der Waals surface area contributed by atoms with E-state index in [1.54, 1.807) is 6.92 Å². The third kappa shape index (κ3) is 15.4. The first-order chi connectivity index (χ1) is 11.7. The Kier molecular flexibility index (Phi) is 17.9. The molecule has 0 bridgehead atoms. The molecule has 0 fully saturated rings. The van der Waals surface area contributed by atoms with Gasteiger partial charge < -0.3 is 21.5 Å². The summed E-state index contributed by atoms with van der Waals surface area (Å²) in [6, 6.07) is 0. The van der Waals surface area contributed by atoms with Crippen LogP contribution in [0.5, 0.6) is 0 Å². The van der Waals surface area contributed by atoms with Crippen LogP contribution in [0.4, 0.5) is 0 Å². The third-order valence-electron chi connectivity index (χ3n) is 5.18. The van der Waals surface area contributed by atoms with Gasteiger partial charge in [0.2, 0.25) is 6.23 Å². The van der Waals surface area contributed by atoms with E-state index in [1.807, 2.05) is 7.05 Å². The molecule has 1 unspecified atom stereocenters. The van der Waals surface area contributed by atoms with Crippen LogP contribution in [0.15, 0.2) is 0 Å². The molecule has 0 amide bonds. The Morgan fingerprint density at radius 3 is 1.50 bits per heavy atom. The van der Waals surface area contributed by atoms with Crippen LogP contribution in [0.1, 0.15) is 97.8 Å². The zero-order chi connectivity index (χ0) is 19.2. The first kappa shape index (κ1) is 28.5. The Labute approximate surface area is 173 Å². The van der Waals surface area contributed by atoms with E-state index in [0.717, 1.165) is 25.9 Å². The maximum atomic E-state index is 11.1. The van der Waals surface area contributed by atoms with E-state index < -0.39 is 16.6 Å². The van der Waals surface area contributed by atoms with Gasteiger partial charge in [-0.15, -0.1) is 0 Å². The highest BCUT2D eigenvalue weighted by Crippen LogP contribution is 2.19. The zero-order valence-corrected chi connectivity index (χ0v) is 19.8. The smallest absolute Gasteiger partial charge is 0.402 e. The van der Waals surface area contributed by atoms with E-state index in [9.17, 15) is 8.42 Å². The number of nitrogens with zero attached hydrogens (tertiary/aromatic N) is 1. The predicted molar refractivity (Wildman–Crippen MR) is 105 cm³/mol. The molecule has 0 radical (unpaired) electrons. The van der Waals surface area contributed by atoms with Crippen LogP contribution >= 0.6 is 0 Å². The third-order valence-corrected chi connectivity index (χ3v) is 5.71. The van der Waals surface area contributed by atoms with Crippen molar-refractivity contribution in [2.75, 3.05) is 20.1 Å². The van der Waals surface area contributed by atoms with Crippen molar-refractivity contribution >= 4 is 10.4 Å². The number of hydrogen-bond donors (Lipinski definition) is 1. The largest absolute Gasteiger partial charge is 1.00 e. The summed E-state index contributed by atoms with van der Waals surface area (Å²) in [7, 11) is -2.36. The molecule has 0 heterocycles. The summed E-state index contributed by atoms with van der Waals surface area (Å²) >= 11 is 0. The van der Waals surface area contributed by atoms with Crippen molar-refractivity contribution in [3.05, 3.63) is 0 Å². The molecule has 160 valence electrons. The summed E-state index contributed by atoms with van der Waals surface area (Å²) in [4.78, 5) is 0. The van der Waals surface area contributed by atoms with Crippen molar-refractivity contribution in [2.24, 2.45) is 0 Å². The van der Waals surface area contributed by atoms with E-state index >= 15 is 0 Å². The fraction of sp³-hybridized carbons (Fsp3) is 1.00. The second-order valence-electron chi connectivity index (χ2n) is 7.59. The predicted octanol–water partition coefficient (Wildman–Crippen LogP) is 2.32. The highest BCUT2D eigenvalue weighted by atomic mass is 79.9. The van der Waals surface area contributed by atoms with E-state index in [2.05, 4.69) is 13.8 Å². The van der Waals surface area contributed by atoms with Gasteiger partial charge in [-0.25, -0.2) is 0 Å². The number of rotatable bonds is 17. The summed E-state index contributed by atoms with van der Waals surface area (Å²) in [5, 5.41) is 0. The Bertz CT molecular complexity index is 402. The maximum Gasteiger partial charge on any atom is 0.402 e. The molecule has 0 saturated heterocycles. The molecule has 26 heavy (non-hydrogen) atoms. The molecule has 0 aliphatic rings. The van der Waals surface area contributed by atoms with Crippen LogP contribution in [-0.2, 0) is 14.6 Å². The summed E-state index contributed by atoms with van der Waals surface area (Å²) in [5.74, 6) is 0. The maximum absolute atomic E-state index is 11.1. The van der Waals surface area contributed by atoms with Gasteiger partial charge in [0, 0.05) is 6.92 Å². The van der Waals surface area contributed by atoms with Gasteiger partial charge in [-0.2, -0.15) is 12.6 Å². The first-order valence-electron chi connectivity index (χ1n) is 10.2. The fourth-order valence-electron chi connectivity index (χ4n) is 3.26. The van der Waals surface area contributed by atoms with Gasteiger partial charge in [0.25, 0.3) is 0 Å². The molecule has 5 nitrogen and oxygen atoms in total. The van der Waals surface area contributed by atoms with Gasteiger partial charge in [0.05, 0.1) is 20.1 Å². The van der Waals surface area contributed by atoms with E-state index in [0.29, 0.717) is 4.48 Å². The van der Waals surface area contributed by atoms with Gasteiger partial charge in [-0.3, -0.25) is 4.55 Å². The van der Waals surface area contributed by atoms with Crippen LogP contribution in [0.2, 0.25) is 0 Å². The normalized spacial score (nSPS) is 13.4. The van der Waals surface area contributed by atoms with Crippen molar-refractivity contribution < 1.29 is 38.6 Å². The monoisotopic (exact) mass is 459 g/mol. The number of unbranched alkanes of at least 4 members (excludes halogenated alkanes) is 10. The Morgan fingerprint density at radius 1 is 0.808 bits per heavy atom. The van der Waals surface area contributed by atoms with Crippen molar-refractivity contribution in [1.82, 2.24) is 0 Å². The summed E-state index contributed by atoms with van der Waals surface area (Å²) in [5.41, 5.74) is 0. The van der Waals surface area contributed by atoms with Gasteiger partial charge in [0.1, 0.15) is 0 Å². The Morgan fingerprint density at radius 2 is 1.15 bits per heavy atom. The minimum atomic E-state index is -4.41. The quantitative estimate of drug-likeness (QED) is 0.157. The molecule has 0 aliphatic heterocycles. The molecule has 0 saturated carbocycles. The minimum Gasteiger partial charge on any atom is -1.00 e. The molecule has 0 aromatic rings. The highest BCUT2D eigenvalue weighted by molar-refractivity contribution is 7.80. The van der Waals surface area contributed by atoms with Crippen molar-refractivity contribution in [3.8, 4) is 0 Å². The van der Waals surface area contributed by atoms with E-state index in [1.165, 1.54) is 64.2 Å². The lowest BCUT2D eigenvalue weighted by Gasteiger charge is -2.38. The minimum absolute atomic E-state index is 0. The summed E-state index contributed by atoms with van der Waals surface area (Å²) < 4.78 is 36.7. The molecule has 0 spiro atoms. The van der Waals surface area contributed by atoms with Crippen molar-refractivity contribution in [2.45, 2.75) is 104 Å². The Balaban J connectivity index is 0. The average molecular weight is 461 g/mol. The number of halogens is 1. The SMILES string of the molecule is CCCCCCCC[N+](C)(CCCCCCCC)C(C)OS(=O)(=O)O.[Br-]. The van der Waals surface area contributed by atoms with Gasteiger partial charge in [-0.05, 0) is 25.7 Å². The highest BCUT2D eigenvalue weighted by Gasteiger charge is 2.32. The molecule has 0 rings (SSSR count). The molecular weight excluding hydrogens is 418 g/mol. The van der Waals surface area contributed by atoms with E-state index in [-0.39, 0.29) is 17.0 Å². The second kappa shape index (κ2) is 16.3. The topological polar surface area (TPSA) is 63.6 Å². The van der Waals surface area contributed by atoms with Crippen LogP contribution in [0, 0.1) is 0 Å². The van der Waals surface area contributed by atoms with Gasteiger partial charge >= 0.3 is 10.4 Å². The van der Waals surface area contributed by atoms with E-state index in [4.69, 9.17) is 8.74 Å². The molecule has 0 aliphatic carbocycles.